The highest BCUT2D eigenvalue weighted by Crippen LogP contribution is 2.25. The van der Waals surface area contributed by atoms with Crippen molar-refractivity contribution in [2.24, 2.45) is 5.10 Å². The molecule has 8 nitrogen and oxygen atoms in total. The van der Waals surface area contributed by atoms with Gasteiger partial charge in [-0.3, -0.25) is 9.59 Å². The average molecular weight is 415 g/mol. The molecule has 3 rings (SSSR count). The van der Waals surface area contributed by atoms with E-state index in [0.717, 1.165) is 5.56 Å². The van der Waals surface area contributed by atoms with Crippen molar-refractivity contribution >= 4 is 23.7 Å². The Bertz CT molecular complexity index is 851. The number of piperidine rings is 1. The molecule has 1 fully saturated rings. The second-order valence-corrected chi connectivity index (χ2v) is 8.60. The number of hydrogen-bond acceptors (Lipinski definition) is 6. The number of carbonyl (C=O) groups is 3. The van der Waals surface area contributed by atoms with E-state index in [9.17, 15) is 14.4 Å². The van der Waals surface area contributed by atoms with Crippen molar-refractivity contribution in [3.8, 4) is 0 Å². The molecule has 0 spiro atoms. The molecule has 8 heteroatoms. The van der Waals surface area contributed by atoms with Gasteiger partial charge >= 0.3 is 12.1 Å². The third-order valence-corrected chi connectivity index (χ3v) is 5.14. The standard InChI is InChI=1S/C22H29N3O5/c1-22(2,3)30-21(28)24-11-9-17(10-12-24)25-20(27)18-8-6-5-7-15(18)13-16(23-25)14-19(26)29-4/h5-8,17H,9-14H2,1-4H3. The minimum absolute atomic E-state index is 0.0331. The van der Waals surface area contributed by atoms with Crippen molar-refractivity contribution in [1.82, 2.24) is 9.91 Å². The number of hydrazone groups is 1. The van der Waals surface area contributed by atoms with Crippen LogP contribution in [0.3, 0.4) is 0 Å². The van der Waals surface area contributed by atoms with Crippen LogP contribution in [0.5, 0.6) is 0 Å². The number of carbonyl (C=O) groups excluding carboxylic acids is 3. The summed E-state index contributed by atoms with van der Waals surface area (Å²) >= 11 is 0. The smallest absolute Gasteiger partial charge is 0.410 e. The summed E-state index contributed by atoms with van der Waals surface area (Å²) in [5.41, 5.74) is 1.48. The summed E-state index contributed by atoms with van der Waals surface area (Å²) in [6.07, 6.45) is 1.28. The summed E-state index contributed by atoms with van der Waals surface area (Å²) in [5.74, 6) is -0.568. The van der Waals surface area contributed by atoms with E-state index in [0.29, 0.717) is 43.6 Å². The Kier molecular flexibility index (Phi) is 6.43. The number of esters is 1. The summed E-state index contributed by atoms with van der Waals surface area (Å²) < 4.78 is 10.2. The molecule has 0 radical (unpaired) electrons. The van der Waals surface area contributed by atoms with Crippen LogP contribution in [0.2, 0.25) is 0 Å². The zero-order chi connectivity index (χ0) is 21.9. The fourth-order valence-corrected chi connectivity index (χ4v) is 3.66. The number of likely N-dealkylation sites (tertiary alicyclic amines) is 1. The van der Waals surface area contributed by atoms with Crippen molar-refractivity contribution in [3.05, 3.63) is 35.4 Å². The number of fused-ring (bicyclic) bond motifs is 1. The average Bonchev–Trinajstić information content (AvgIpc) is 2.83. The van der Waals surface area contributed by atoms with E-state index in [-0.39, 0.29) is 30.4 Å². The summed E-state index contributed by atoms with van der Waals surface area (Å²) in [6.45, 7) is 6.47. The molecule has 0 aromatic heterocycles. The molecule has 1 aromatic carbocycles. The van der Waals surface area contributed by atoms with E-state index in [4.69, 9.17) is 9.47 Å². The van der Waals surface area contributed by atoms with Gasteiger partial charge in [-0.05, 0) is 45.2 Å². The van der Waals surface area contributed by atoms with Crippen LogP contribution in [-0.2, 0) is 20.7 Å². The summed E-state index contributed by atoms with van der Waals surface area (Å²) in [4.78, 5) is 39.1. The predicted octanol–water partition coefficient (Wildman–Crippen LogP) is 3.00. The topological polar surface area (TPSA) is 88.5 Å². The van der Waals surface area contributed by atoms with Gasteiger partial charge in [-0.1, -0.05) is 18.2 Å². The number of amides is 2. The van der Waals surface area contributed by atoms with Crippen molar-refractivity contribution in [1.29, 1.82) is 0 Å². The molecule has 2 amide bonds. The third kappa shape index (κ3) is 5.17. The lowest BCUT2D eigenvalue weighted by atomic mass is 9.99. The minimum Gasteiger partial charge on any atom is -0.469 e. The molecule has 0 atom stereocenters. The first-order valence-electron chi connectivity index (χ1n) is 10.2. The van der Waals surface area contributed by atoms with E-state index in [1.54, 1.807) is 11.0 Å². The van der Waals surface area contributed by atoms with Crippen molar-refractivity contribution < 1.29 is 23.9 Å². The lowest BCUT2D eigenvalue weighted by molar-refractivity contribution is -0.139. The van der Waals surface area contributed by atoms with Crippen molar-refractivity contribution in [2.75, 3.05) is 20.2 Å². The van der Waals surface area contributed by atoms with Crippen molar-refractivity contribution in [2.45, 2.75) is 58.1 Å². The van der Waals surface area contributed by atoms with Crippen LogP contribution < -0.4 is 0 Å². The predicted molar refractivity (Wildman–Crippen MR) is 111 cm³/mol. The Morgan fingerprint density at radius 2 is 1.83 bits per heavy atom. The second kappa shape index (κ2) is 8.85. The summed E-state index contributed by atoms with van der Waals surface area (Å²) in [7, 11) is 1.34. The number of benzene rings is 1. The third-order valence-electron chi connectivity index (χ3n) is 5.14. The second-order valence-electron chi connectivity index (χ2n) is 8.60. The summed E-state index contributed by atoms with van der Waals surface area (Å²) in [6, 6.07) is 7.21. The van der Waals surface area contributed by atoms with Crippen LogP contribution in [0.15, 0.2) is 29.4 Å². The van der Waals surface area contributed by atoms with Crippen LogP contribution in [0.4, 0.5) is 4.79 Å². The van der Waals surface area contributed by atoms with Crippen LogP contribution in [0.1, 0.15) is 56.0 Å². The zero-order valence-electron chi connectivity index (χ0n) is 18.0. The Balaban J connectivity index is 1.78. The Morgan fingerprint density at radius 1 is 1.17 bits per heavy atom. The van der Waals surface area contributed by atoms with Gasteiger partial charge in [-0.2, -0.15) is 5.10 Å². The fourth-order valence-electron chi connectivity index (χ4n) is 3.66. The molecule has 1 saturated heterocycles. The number of methoxy groups -OCH3 is 1. The highest BCUT2D eigenvalue weighted by atomic mass is 16.6. The van der Waals surface area contributed by atoms with Crippen LogP contribution in [0.25, 0.3) is 0 Å². The maximum absolute atomic E-state index is 13.2. The van der Waals surface area contributed by atoms with Crippen LogP contribution >= 0.6 is 0 Å². The van der Waals surface area contributed by atoms with Gasteiger partial charge < -0.3 is 14.4 Å². The maximum atomic E-state index is 13.2. The fraction of sp³-hybridized carbons (Fsp3) is 0.545. The molecule has 0 saturated carbocycles. The molecular formula is C22H29N3O5. The van der Waals surface area contributed by atoms with Gasteiger partial charge in [0.1, 0.15) is 5.60 Å². The molecule has 162 valence electrons. The Morgan fingerprint density at radius 3 is 2.47 bits per heavy atom. The lowest BCUT2D eigenvalue weighted by Gasteiger charge is -2.36. The van der Waals surface area contributed by atoms with Gasteiger partial charge in [-0.25, -0.2) is 9.80 Å². The molecule has 2 heterocycles. The van der Waals surface area contributed by atoms with E-state index >= 15 is 0 Å². The Hall–Kier alpha value is -2.90. The van der Waals surface area contributed by atoms with Gasteiger partial charge in [0.15, 0.2) is 0 Å². The van der Waals surface area contributed by atoms with Gasteiger partial charge in [-0.15, -0.1) is 0 Å². The van der Waals surface area contributed by atoms with Crippen LogP contribution in [0, 0.1) is 0 Å². The van der Waals surface area contributed by atoms with E-state index in [1.807, 2.05) is 39.0 Å². The molecule has 2 aliphatic rings. The highest BCUT2D eigenvalue weighted by molar-refractivity contribution is 6.05. The van der Waals surface area contributed by atoms with Gasteiger partial charge in [0.25, 0.3) is 5.91 Å². The molecule has 0 N–H and O–H groups in total. The van der Waals surface area contributed by atoms with Crippen molar-refractivity contribution in [3.63, 3.8) is 0 Å². The van der Waals surface area contributed by atoms with Gasteiger partial charge in [0.2, 0.25) is 0 Å². The summed E-state index contributed by atoms with van der Waals surface area (Å²) in [5, 5.41) is 6.07. The van der Waals surface area contributed by atoms with Gasteiger partial charge in [0, 0.05) is 25.1 Å². The molecule has 2 aliphatic heterocycles. The highest BCUT2D eigenvalue weighted by Gasteiger charge is 2.34. The first kappa shape index (κ1) is 21.8. The molecule has 0 unspecified atom stereocenters. The normalized spacial score (nSPS) is 17.7. The first-order valence-corrected chi connectivity index (χ1v) is 10.2. The quantitative estimate of drug-likeness (QED) is 0.708. The molecule has 30 heavy (non-hydrogen) atoms. The number of nitrogens with zero attached hydrogens (tertiary/aromatic N) is 3. The molecular weight excluding hydrogens is 386 g/mol. The number of ether oxygens (including phenoxy) is 2. The van der Waals surface area contributed by atoms with Crippen LogP contribution in [-0.4, -0.2) is 65.4 Å². The molecule has 1 aromatic rings. The molecule has 0 bridgehead atoms. The monoisotopic (exact) mass is 415 g/mol. The van der Waals surface area contributed by atoms with Gasteiger partial charge in [0.05, 0.1) is 25.3 Å². The number of hydrogen-bond donors (Lipinski definition) is 0. The number of rotatable bonds is 3. The largest absolute Gasteiger partial charge is 0.469 e. The lowest BCUT2D eigenvalue weighted by Crippen LogP contribution is -2.48. The van der Waals surface area contributed by atoms with E-state index in [1.165, 1.54) is 12.1 Å². The minimum atomic E-state index is -0.550. The maximum Gasteiger partial charge on any atom is 0.410 e. The van der Waals surface area contributed by atoms with E-state index < -0.39 is 5.60 Å². The Labute approximate surface area is 176 Å². The zero-order valence-corrected chi connectivity index (χ0v) is 18.0. The van der Waals surface area contributed by atoms with E-state index in [2.05, 4.69) is 5.10 Å². The molecule has 0 aliphatic carbocycles. The SMILES string of the molecule is COC(=O)CC1=NN(C2CCN(C(=O)OC(C)(C)C)CC2)C(=O)c2ccccc2C1. The first-order chi connectivity index (χ1) is 14.2.